The highest BCUT2D eigenvalue weighted by Crippen LogP contribution is 2.15. The number of halogens is 2. The maximum absolute atomic E-state index is 13.4. The Labute approximate surface area is 138 Å². The minimum Gasteiger partial charge on any atom is -0.454 e. The average Bonchev–Trinajstić information content (AvgIpc) is 2.47. The number of hydrogen-bond acceptors (Lipinski definition) is 4. The molecule has 1 atom stereocenters. The van der Waals surface area contributed by atoms with Crippen LogP contribution in [0.5, 0.6) is 0 Å². The number of carbonyl (C=O) groups is 3. The molecule has 8 heteroatoms. The summed E-state index contributed by atoms with van der Waals surface area (Å²) in [6.07, 6.45) is 0. The molecule has 0 heterocycles. The van der Waals surface area contributed by atoms with Crippen LogP contribution < -0.4 is 10.6 Å². The van der Waals surface area contributed by atoms with Crippen molar-refractivity contribution in [1.82, 2.24) is 5.32 Å². The zero-order chi connectivity index (χ0) is 18.5. The van der Waals surface area contributed by atoms with Crippen molar-refractivity contribution in [3.63, 3.8) is 0 Å². The number of ether oxygens (including phenoxy) is 1. The fourth-order valence-electron chi connectivity index (χ4n) is 1.51. The fourth-order valence-corrected chi connectivity index (χ4v) is 1.51. The van der Waals surface area contributed by atoms with E-state index < -0.39 is 41.6 Å². The summed E-state index contributed by atoms with van der Waals surface area (Å²) in [5, 5.41) is 4.55. The normalized spacial score (nSPS) is 12.2. The van der Waals surface area contributed by atoms with Crippen molar-refractivity contribution < 1.29 is 27.9 Å². The summed E-state index contributed by atoms with van der Waals surface area (Å²) in [5.41, 5.74) is -1.04. The van der Waals surface area contributed by atoms with E-state index >= 15 is 0 Å². The third-order valence-electron chi connectivity index (χ3n) is 2.93. The molecule has 1 aromatic carbocycles. The van der Waals surface area contributed by atoms with E-state index in [1.54, 1.807) is 20.8 Å². The van der Waals surface area contributed by atoms with Crippen LogP contribution in [0.1, 0.15) is 27.7 Å². The molecule has 0 aliphatic rings. The van der Waals surface area contributed by atoms with Crippen molar-refractivity contribution in [1.29, 1.82) is 0 Å². The predicted octanol–water partition coefficient (Wildman–Crippen LogP) is 2.00. The Hall–Kier alpha value is -2.51. The lowest BCUT2D eigenvalue weighted by Gasteiger charge is -2.20. The van der Waals surface area contributed by atoms with Crippen LogP contribution in [0.2, 0.25) is 0 Å². The second kappa shape index (κ2) is 7.85. The van der Waals surface area contributed by atoms with E-state index in [9.17, 15) is 23.2 Å². The van der Waals surface area contributed by atoms with Crippen LogP contribution in [-0.4, -0.2) is 30.4 Å². The zero-order valence-electron chi connectivity index (χ0n) is 13.9. The Morgan fingerprint density at radius 2 is 1.83 bits per heavy atom. The summed E-state index contributed by atoms with van der Waals surface area (Å²) < 4.78 is 31.1. The first-order valence-electron chi connectivity index (χ1n) is 7.23. The highest BCUT2D eigenvalue weighted by molar-refractivity contribution is 5.93. The van der Waals surface area contributed by atoms with Crippen LogP contribution in [0.3, 0.4) is 0 Å². The molecule has 1 aromatic rings. The van der Waals surface area contributed by atoms with Crippen LogP contribution in [0, 0.1) is 17.0 Å². The van der Waals surface area contributed by atoms with Gasteiger partial charge in [0.25, 0.3) is 5.91 Å². The molecule has 2 amide bonds. The summed E-state index contributed by atoms with van der Waals surface area (Å²) in [5.74, 6) is -3.54. The molecule has 0 aromatic heterocycles. The molecule has 0 aliphatic carbocycles. The van der Waals surface area contributed by atoms with Crippen molar-refractivity contribution in [2.45, 2.75) is 33.7 Å². The third-order valence-corrected chi connectivity index (χ3v) is 2.93. The average molecular weight is 342 g/mol. The van der Waals surface area contributed by atoms with Gasteiger partial charge in [0, 0.05) is 11.5 Å². The second-order valence-electron chi connectivity index (χ2n) is 6.23. The third kappa shape index (κ3) is 5.94. The quantitative estimate of drug-likeness (QED) is 0.802. The molecule has 0 bridgehead atoms. The van der Waals surface area contributed by atoms with Crippen molar-refractivity contribution >= 4 is 23.5 Å². The topological polar surface area (TPSA) is 84.5 Å². The van der Waals surface area contributed by atoms with Crippen LogP contribution in [0.4, 0.5) is 14.5 Å². The number of hydrogen-bond donors (Lipinski definition) is 2. The van der Waals surface area contributed by atoms with Gasteiger partial charge >= 0.3 is 5.97 Å². The van der Waals surface area contributed by atoms with Crippen LogP contribution in [0.15, 0.2) is 18.2 Å². The van der Waals surface area contributed by atoms with Gasteiger partial charge in [-0.1, -0.05) is 20.8 Å². The molecule has 2 N–H and O–H groups in total. The highest BCUT2D eigenvalue weighted by Gasteiger charge is 2.26. The van der Waals surface area contributed by atoms with Crippen molar-refractivity contribution in [3.05, 3.63) is 29.8 Å². The van der Waals surface area contributed by atoms with E-state index in [0.29, 0.717) is 0 Å². The molecule has 0 saturated heterocycles. The maximum Gasteiger partial charge on any atom is 0.328 e. The van der Waals surface area contributed by atoms with Gasteiger partial charge in [-0.15, -0.1) is 0 Å². The first-order chi connectivity index (χ1) is 11.0. The molecule has 0 aliphatic heterocycles. The molecule has 0 radical (unpaired) electrons. The van der Waals surface area contributed by atoms with Gasteiger partial charge in [-0.25, -0.2) is 13.6 Å². The van der Waals surface area contributed by atoms with Gasteiger partial charge in [0.2, 0.25) is 5.91 Å². The number of amides is 2. The molecule has 132 valence electrons. The van der Waals surface area contributed by atoms with Crippen LogP contribution >= 0.6 is 0 Å². The van der Waals surface area contributed by atoms with E-state index in [0.717, 1.165) is 18.2 Å². The minimum atomic E-state index is -0.949. The maximum atomic E-state index is 13.4. The van der Waals surface area contributed by atoms with Gasteiger partial charge in [0.1, 0.15) is 17.7 Å². The molecule has 0 spiro atoms. The standard InChI is InChI=1S/C16H20F2N2O4/c1-9(19-15(23)16(2,3)4)14(22)24-8-13(21)20-12-7-10(17)5-6-11(12)18/h5-7,9H,8H2,1-4H3,(H,19,23)(H,20,21)/t9-/m1/s1. The number of anilines is 1. The summed E-state index contributed by atoms with van der Waals surface area (Å²) in [4.78, 5) is 35.1. The first kappa shape index (κ1) is 19.5. The van der Waals surface area contributed by atoms with Gasteiger partial charge < -0.3 is 15.4 Å². The molecule has 0 saturated carbocycles. The first-order valence-corrected chi connectivity index (χ1v) is 7.23. The van der Waals surface area contributed by atoms with Gasteiger partial charge in [0.05, 0.1) is 5.69 Å². The molecule has 0 fully saturated rings. The number of nitrogens with one attached hydrogen (secondary N) is 2. The Morgan fingerprint density at radius 1 is 1.21 bits per heavy atom. The van der Waals surface area contributed by atoms with Crippen LogP contribution in [-0.2, 0) is 19.1 Å². The zero-order valence-corrected chi connectivity index (χ0v) is 13.9. The summed E-state index contributed by atoms with van der Waals surface area (Å²) >= 11 is 0. The summed E-state index contributed by atoms with van der Waals surface area (Å²) in [6.45, 7) is 5.77. The SMILES string of the molecule is C[C@@H](NC(=O)C(C)(C)C)C(=O)OCC(=O)Nc1cc(F)ccc1F. The number of carbonyl (C=O) groups excluding carboxylic acids is 3. The lowest BCUT2D eigenvalue weighted by molar-refractivity contribution is -0.150. The Balaban J connectivity index is 2.50. The highest BCUT2D eigenvalue weighted by atomic mass is 19.1. The van der Waals surface area contributed by atoms with E-state index in [1.807, 2.05) is 0 Å². The Morgan fingerprint density at radius 3 is 2.42 bits per heavy atom. The minimum absolute atomic E-state index is 0.349. The van der Waals surface area contributed by atoms with E-state index in [-0.39, 0.29) is 11.6 Å². The van der Waals surface area contributed by atoms with Crippen molar-refractivity contribution in [2.75, 3.05) is 11.9 Å². The smallest absolute Gasteiger partial charge is 0.328 e. The van der Waals surface area contributed by atoms with Crippen molar-refractivity contribution in [2.24, 2.45) is 5.41 Å². The molecule has 1 rings (SSSR count). The molecular formula is C16H20F2N2O4. The van der Waals surface area contributed by atoms with Gasteiger partial charge in [-0.05, 0) is 19.1 Å². The van der Waals surface area contributed by atoms with Crippen molar-refractivity contribution in [3.8, 4) is 0 Å². The monoisotopic (exact) mass is 342 g/mol. The number of rotatable bonds is 5. The van der Waals surface area contributed by atoms with E-state index in [1.165, 1.54) is 6.92 Å². The molecule has 6 nitrogen and oxygen atoms in total. The molecule has 24 heavy (non-hydrogen) atoms. The molecular weight excluding hydrogens is 322 g/mol. The van der Waals surface area contributed by atoms with Gasteiger partial charge in [-0.3, -0.25) is 9.59 Å². The van der Waals surface area contributed by atoms with Crippen LogP contribution in [0.25, 0.3) is 0 Å². The molecule has 0 unspecified atom stereocenters. The number of benzene rings is 1. The van der Waals surface area contributed by atoms with E-state index in [2.05, 4.69) is 10.6 Å². The summed E-state index contributed by atoms with van der Waals surface area (Å²) in [6, 6.07) is 1.63. The van der Waals surface area contributed by atoms with E-state index in [4.69, 9.17) is 4.74 Å². The van der Waals surface area contributed by atoms with Gasteiger partial charge in [0.15, 0.2) is 6.61 Å². The second-order valence-corrected chi connectivity index (χ2v) is 6.23. The predicted molar refractivity (Wildman–Crippen MR) is 83.0 cm³/mol. The largest absolute Gasteiger partial charge is 0.454 e. The fraction of sp³-hybridized carbons (Fsp3) is 0.438. The Kier molecular flexibility index (Phi) is 6.39. The lowest BCUT2D eigenvalue weighted by atomic mass is 9.95. The van der Waals surface area contributed by atoms with Gasteiger partial charge in [-0.2, -0.15) is 0 Å². The lowest BCUT2D eigenvalue weighted by Crippen LogP contribution is -2.45. The Bertz CT molecular complexity index is 641. The number of esters is 1. The summed E-state index contributed by atoms with van der Waals surface area (Å²) in [7, 11) is 0.